The van der Waals surface area contributed by atoms with Crippen molar-refractivity contribution in [1.82, 2.24) is 0 Å². The number of hydrogen-bond donors (Lipinski definition) is 2. The molecule has 0 aromatic heterocycles. The molecule has 0 fully saturated rings. The van der Waals surface area contributed by atoms with Crippen molar-refractivity contribution in [2.45, 2.75) is 12.8 Å². The van der Waals surface area contributed by atoms with Crippen LogP contribution in [0, 0.1) is 5.41 Å². The van der Waals surface area contributed by atoms with Crippen LogP contribution in [0.2, 0.25) is 0 Å². The molecular formula is C10H13BrN2O. The third-order valence-electron chi connectivity index (χ3n) is 1.66. The summed E-state index contributed by atoms with van der Waals surface area (Å²) in [7, 11) is 0. The van der Waals surface area contributed by atoms with Gasteiger partial charge in [-0.15, -0.1) is 0 Å². The molecule has 1 rings (SSSR count). The van der Waals surface area contributed by atoms with Crippen LogP contribution >= 0.6 is 15.9 Å². The third-order valence-corrected chi connectivity index (χ3v) is 2.15. The highest BCUT2D eigenvalue weighted by Gasteiger charge is 1.95. The van der Waals surface area contributed by atoms with Crippen LogP contribution in [0.5, 0.6) is 5.75 Å². The topological polar surface area (TPSA) is 59.1 Å². The molecule has 0 saturated heterocycles. The summed E-state index contributed by atoms with van der Waals surface area (Å²) in [6.45, 7) is 0.593. The molecular weight excluding hydrogens is 244 g/mol. The van der Waals surface area contributed by atoms with Crippen molar-refractivity contribution in [3.8, 4) is 5.75 Å². The molecule has 0 aliphatic heterocycles. The lowest BCUT2D eigenvalue weighted by molar-refractivity contribution is 0.313. The molecule has 0 heterocycles. The molecule has 14 heavy (non-hydrogen) atoms. The molecule has 0 aliphatic rings. The van der Waals surface area contributed by atoms with Crippen molar-refractivity contribution < 1.29 is 4.74 Å². The summed E-state index contributed by atoms with van der Waals surface area (Å²) in [4.78, 5) is 0. The third kappa shape index (κ3) is 4.28. The predicted molar refractivity (Wildman–Crippen MR) is 60.8 cm³/mol. The zero-order valence-corrected chi connectivity index (χ0v) is 9.38. The van der Waals surface area contributed by atoms with E-state index in [1.165, 1.54) is 0 Å². The first-order valence-electron chi connectivity index (χ1n) is 4.40. The zero-order chi connectivity index (χ0) is 10.4. The Morgan fingerprint density at radius 3 is 2.93 bits per heavy atom. The van der Waals surface area contributed by atoms with Gasteiger partial charge in [-0.1, -0.05) is 22.0 Å². The molecule has 4 heteroatoms. The van der Waals surface area contributed by atoms with E-state index in [0.717, 1.165) is 16.6 Å². The maximum absolute atomic E-state index is 7.03. The van der Waals surface area contributed by atoms with E-state index in [-0.39, 0.29) is 5.84 Å². The minimum absolute atomic E-state index is 0.211. The quantitative estimate of drug-likeness (QED) is 0.483. The van der Waals surface area contributed by atoms with Gasteiger partial charge >= 0.3 is 0 Å². The van der Waals surface area contributed by atoms with Crippen LogP contribution in [0.15, 0.2) is 28.7 Å². The first-order chi connectivity index (χ1) is 6.68. The predicted octanol–water partition coefficient (Wildman–Crippen LogP) is 2.54. The van der Waals surface area contributed by atoms with Crippen molar-refractivity contribution in [2.75, 3.05) is 6.61 Å². The average Bonchev–Trinajstić information content (AvgIpc) is 2.12. The van der Waals surface area contributed by atoms with Gasteiger partial charge in [-0.05, 0) is 24.6 Å². The van der Waals surface area contributed by atoms with Crippen LogP contribution < -0.4 is 10.5 Å². The Morgan fingerprint density at radius 2 is 2.29 bits per heavy atom. The zero-order valence-electron chi connectivity index (χ0n) is 7.79. The lowest BCUT2D eigenvalue weighted by Crippen LogP contribution is -2.10. The summed E-state index contributed by atoms with van der Waals surface area (Å²) in [5.74, 6) is 1.05. The molecule has 0 bridgehead atoms. The van der Waals surface area contributed by atoms with Crippen molar-refractivity contribution in [2.24, 2.45) is 5.73 Å². The lowest BCUT2D eigenvalue weighted by atomic mass is 10.3. The van der Waals surface area contributed by atoms with E-state index in [2.05, 4.69) is 15.9 Å². The molecule has 0 spiro atoms. The number of nitrogens with one attached hydrogen (secondary N) is 1. The number of rotatable bonds is 5. The molecule has 0 saturated carbocycles. The largest absolute Gasteiger partial charge is 0.494 e. The Balaban J connectivity index is 2.28. The molecule has 1 aromatic rings. The normalized spacial score (nSPS) is 9.79. The van der Waals surface area contributed by atoms with E-state index >= 15 is 0 Å². The van der Waals surface area contributed by atoms with Crippen molar-refractivity contribution in [3.63, 3.8) is 0 Å². The standard InChI is InChI=1S/C10H13BrN2O/c11-8-3-1-4-9(7-8)14-6-2-5-10(12)13/h1,3-4,7H,2,5-6H2,(H3,12,13). The number of amidine groups is 1. The maximum atomic E-state index is 7.03. The van der Waals surface area contributed by atoms with Gasteiger partial charge in [-0.2, -0.15) is 0 Å². The molecule has 0 unspecified atom stereocenters. The molecule has 0 atom stereocenters. The van der Waals surface area contributed by atoms with Gasteiger partial charge in [0.25, 0.3) is 0 Å². The molecule has 3 nitrogen and oxygen atoms in total. The van der Waals surface area contributed by atoms with Gasteiger partial charge in [0.1, 0.15) is 5.75 Å². The SMILES string of the molecule is N=C(N)CCCOc1cccc(Br)c1. The fourth-order valence-corrected chi connectivity index (χ4v) is 1.39. The highest BCUT2D eigenvalue weighted by Crippen LogP contribution is 2.17. The Labute approximate surface area is 91.9 Å². The molecule has 0 radical (unpaired) electrons. The highest BCUT2D eigenvalue weighted by atomic mass is 79.9. The van der Waals surface area contributed by atoms with Gasteiger partial charge in [-0.3, -0.25) is 5.41 Å². The van der Waals surface area contributed by atoms with Crippen LogP contribution in [-0.4, -0.2) is 12.4 Å². The van der Waals surface area contributed by atoms with E-state index in [0.29, 0.717) is 13.0 Å². The Hall–Kier alpha value is -1.03. The van der Waals surface area contributed by atoms with Crippen LogP contribution in [0.25, 0.3) is 0 Å². The second-order valence-corrected chi connectivity index (χ2v) is 3.85. The number of ether oxygens (including phenoxy) is 1. The van der Waals surface area contributed by atoms with Crippen LogP contribution in [0.4, 0.5) is 0 Å². The minimum atomic E-state index is 0.211. The Morgan fingerprint density at radius 1 is 1.50 bits per heavy atom. The molecule has 76 valence electrons. The first kappa shape index (κ1) is 11.0. The van der Waals surface area contributed by atoms with E-state index in [9.17, 15) is 0 Å². The van der Waals surface area contributed by atoms with Crippen molar-refractivity contribution in [1.29, 1.82) is 5.41 Å². The summed E-state index contributed by atoms with van der Waals surface area (Å²) in [6.07, 6.45) is 1.37. The van der Waals surface area contributed by atoms with E-state index in [1.54, 1.807) is 0 Å². The number of hydrogen-bond acceptors (Lipinski definition) is 2. The fourth-order valence-electron chi connectivity index (χ4n) is 1.01. The first-order valence-corrected chi connectivity index (χ1v) is 5.19. The summed E-state index contributed by atoms with van der Waals surface area (Å²) in [5.41, 5.74) is 5.22. The highest BCUT2D eigenvalue weighted by molar-refractivity contribution is 9.10. The van der Waals surface area contributed by atoms with Crippen LogP contribution in [0.3, 0.4) is 0 Å². The monoisotopic (exact) mass is 256 g/mol. The minimum Gasteiger partial charge on any atom is -0.494 e. The van der Waals surface area contributed by atoms with E-state index < -0.39 is 0 Å². The van der Waals surface area contributed by atoms with Gasteiger partial charge < -0.3 is 10.5 Å². The number of halogens is 1. The van der Waals surface area contributed by atoms with Gasteiger partial charge in [0.05, 0.1) is 12.4 Å². The second-order valence-electron chi connectivity index (χ2n) is 2.93. The second kappa shape index (κ2) is 5.65. The average molecular weight is 257 g/mol. The van der Waals surface area contributed by atoms with Crippen molar-refractivity contribution >= 4 is 21.8 Å². The molecule has 0 amide bonds. The van der Waals surface area contributed by atoms with Crippen molar-refractivity contribution in [3.05, 3.63) is 28.7 Å². The van der Waals surface area contributed by atoms with Gasteiger partial charge in [0, 0.05) is 10.9 Å². The van der Waals surface area contributed by atoms with Crippen LogP contribution in [-0.2, 0) is 0 Å². The van der Waals surface area contributed by atoms with E-state index in [4.69, 9.17) is 15.9 Å². The van der Waals surface area contributed by atoms with Crippen LogP contribution in [0.1, 0.15) is 12.8 Å². The maximum Gasteiger partial charge on any atom is 0.120 e. The van der Waals surface area contributed by atoms with Gasteiger partial charge in [0.15, 0.2) is 0 Å². The Bertz CT molecular complexity index is 315. The number of benzene rings is 1. The summed E-state index contributed by atoms with van der Waals surface area (Å²) in [5, 5.41) is 7.03. The smallest absolute Gasteiger partial charge is 0.120 e. The van der Waals surface area contributed by atoms with Gasteiger partial charge in [0.2, 0.25) is 0 Å². The summed E-state index contributed by atoms with van der Waals surface area (Å²) in [6, 6.07) is 7.68. The lowest BCUT2D eigenvalue weighted by Gasteiger charge is -2.05. The summed E-state index contributed by atoms with van der Waals surface area (Å²) >= 11 is 3.36. The molecule has 1 aromatic carbocycles. The van der Waals surface area contributed by atoms with E-state index in [1.807, 2.05) is 24.3 Å². The molecule has 0 aliphatic carbocycles. The molecule has 3 N–H and O–H groups in total. The number of nitrogens with two attached hydrogens (primary N) is 1. The summed E-state index contributed by atoms with van der Waals surface area (Å²) < 4.78 is 6.46. The fraction of sp³-hybridized carbons (Fsp3) is 0.300. The Kier molecular flexibility index (Phi) is 4.46. The van der Waals surface area contributed by atoms with Gasteiger partial charge in [-0.25, -0.2) is 0 Å².